The molecule has 5 heteroatoms. The van der Waals surface area contributed by atoms with Crippen molar-refractivity contribution in [1.82, 2.24) is 5.01 Å². The summed E-state index contributed by atoms with van der Waals surface area (Å²) in [6.07, 6.45) is 3.53. The molecule has 0 bridgehead atoms. The number of methoxy groups -OCH3 is 1. The lowest BCUT2D eigenvalue weighted by molar-refractivity contribution is -0.137. The molecule has 0 radical (unpaired) electrons. The van der Waals surface area contributed by atoms with Gasteiger partial charge in [-0.15, -0.1) is 0 Å². The second-order valence-electron chi connectivity index (χ2n) is 4.51. The van der Waals surface area contributed by atoms with Gasteiger partial charge in [0.2, 0.25) is 0 Å². The molecule has 124 valence electrons. The fourth-order valence-electron chi connectivity index (χ4n) is 2.43. The van der Waals surface area contributed by atoms with Crippen molar-refractivity contribution in [2.24, 2.45) is 5.10 Å². The van der Waals surface area contributed by atoms with Crippen LogP contribution in [0.2, 0.25) is 5.02 Å². The van der Waals surface area contributed by atoms with Gasteiger partial charge in [-0.2, -0.15) is 5.10 Å². The molecule has 0 fully saturated rings. The molecule has 0 aromatic heterocycles. The summed E-state index contributed by atoms with van der Waals surface area (Å²) in [4.78, 5) is 12.2. The zero-order chi connectivity index (χ0) is 17.6. The van der Waals surface area contributed by atoms with E-state index in [1.165, 1.54) is 7.11 Å². The molecule has 1 aromatic carbocycles. The number of hydrogen-bond donors (Lipinski definition) is 0. The van der Waals surface area contributed by atoms with Crippen molar-refractivity contribution < 1.29 is 9.53 Å². The lowest BCUT2D eigenvalue weighted by Gasteiger charge is -2.31. The van der Waals surface area contributed by atoms with E-state index in [2.05, 4.69) is 5.10 Å². The summed E-state index contributed by atoms with van der Waals surface area (Å²) in [6, 6.07) is 5.60. The van der Waals surface area contributed by atoms with Crippen LogP contribution in [0.25, 0.3) is 11.3 Å². The van der Waals surface area contributed by atoms with Crippen LogP contribution >= 0.6 is 11.6 Å². The van der Waals surface area contributed by atoms with Crippen molar-refractivity contribution >= 4 is 35.1 Å². The second kappa shape index (κ2) is 8.53. The zero-order valence-electron chi connectivity index (χ0n) is 14.5. The van der Waals surface area contributed by atoms with Crippen LogP contribution in [-0.2, 0) is 9.53 Å². The van der Waals surface area contributed by atoms with E-state index in [0.717, 1.165) is 22.4 Å². The third-order valence-electron chi connectivity index (χ3n) is 3.34. The third-order valence-corrected chi connectivity index (χ3v) is 3.57. The second-order valence-corrected chi connectivity index (χ2v) is 4.95. The van der Waals surface area contributed by atoms with E-state index in [1.54, 1.807) is 18.1 Å². The van der Waals surface area contributed by atoms with Gasteiger partial charge in [-0.25, -0.2) is 9.80 Å². The Hall–Kier alpha value is -2.07. The zero-order valence-corrected chi connectivity index (χ0v) is 15.2. The molecule has 0 saturated carbocycles. The van der Waals surface area contributed by atoms with Crippen LogP contribution < -0.4 is 0 Å². The number of hydrogen-bond acceptors (Lipinski definition) is 4. The molecule has 23 heavy (non-hydrogen) atoms. The molecule has 4 nitrogen and oxygen atoms in total. The van der Waals surface area contributed by atoms with Crippen LogP contribution in [0, 0.1) is 0 Å². The largest absolute Gasteiger partial charge is 0.464 e. The van der Waals surface area contributed by atoms with Crippen molar-refractivity contribution in [3.05, 3.63) is 46.1 Å². The Kier molecular flexibility index (Phi) is 7.04. The Bertz CT molecular complexity index is 676. The summed E-state index contributed by atoms with van der Waals surface area (Å²) < 4.78 is 4.90. The Morgan fingerprint density at radius 1 is 1.26 bits per heavy atom. The monoisotopic (exact) mass is 334 g/mol. The number of carbonyl (C=O) groups excluding carboxylic acids is 1. The molecule has 2 rings (SSSR count). The molecule has 0 saturated heterocycles. The van der Waals surface area contributed by atoms with Crippen LogP contribution in [-0.4, -0.2) is 24.3 Å². The van der Waals surface area contributed by atoms with Gasteiger partial charge >= 0.3 is 5.97 Å². The molecule has 1 heterocycles. The summed E-state index contributed by atoms with van der Waals surface area (Å²) in [5, 5.41) is 6.54. The number of hydrazone groups is 1. The summed E-state index contributed by atoms with van der Waals surface area (Å²) >= 11 is 6.11. The Labute approximate surface area is 143 Å². The van der Waals surface area contributed by atoms with Gasteiger partial charge in [0.25, 0.3) is 0 Å². The molecular formula is C18H23ClN2O2. The number of halogens is 1. The maximum atomic E-state index is 12.2. The molecule has 0 atom stereocenters. The number of ether oxygens (including phenoxy) is 1. The van der Waals surface area contributed by atoms with Crippen molar-refractivity contribution in [1.29, 1.82) is 0 Å². The number of carbonyl (C=O) groups is 1. The fourth-order valence-corrected chi connectivity index (χ4v) is 2.60. The predicted octanol–water partition coefficient (Wildman–Crippen LogP) is 4.95. The summed E-state index contributed by atoms with van der Waals surface area (Å²) in [7, 11) is 1.36. The minimum atomic E-state index is -0.418. The summed E-state index contributed by atoms with van der Waals surface area (Å²) in [5.74, 6) is -0.418. The van der Waals surface area contributed by atoms with Crippen LogP contribution in [0.1, 0.15) is 45.7 Å². The van der Waals surface area contributed by atoms with Gasteiger partial charge in [-0.3, -0.25) is 0 Å². The number of rotatable bonds is 2. The fraction of sp³-hybridized carbons (Fsp3) is 0.333. The van der Waals surface area contributed by atoms with E-state index in [1.807, 2.05) is 52.0 Å². The first-order chi connectivity index (χ1) is 11.0. The molecule has 0 N–H and O–H groups in total. The van der Waals surface area contributed by atoms with Crippen LogP contribution in [0.5, 0.6) is 0 Å². The molecule has 0 spiro atoms. The highest BCUT2D eigenvalue weighted by Gasteiger charge is 2.31. The standard InChI is InChI=1S/C16H17ClN2O2.C2H6/c1-5-14-13-9-11(17)7-8-12(13)10(3)15(16(20)21-4)19(14)18-6-2;1-2/h5-9H,1-4H3;1-2H3/b14-5+,18-6-;. The van der Waals surface area contributed by atoms with E-state index in [4.69, 9.17) is 16.3 Å². The van der Waals surface area contributed by atoms with Crippen molar-refractivity contribution in [2.75, 3.05) is 7.11 Å². The molecular weight excluding hydrogens is 312 g/mol. The quantitative estimate of drug-likeness (QED) is 0.567. The third kappa shape index (κ3) is 3.64. The molecule has 1 aromatic rings. The first-order valence-electron chi connectivity index (χ1n) is 7.59. The number of esters is 1. The van der Waals surface area contributed by atoms with Crippen LogP contribution in [0.3, 0.4) is 0 Å². The van der Waals surface area contributed by atoms with E-state index in [9.17, 15) is 4.79 Å². The minimum Gasteiger partial charge on any atom is -0.464 e. The maximum absolute atomic E-state index is 12.2. The van der Waals surface area contributed by atoms with E-state index in [0.29, 0.717) is 10.7 Å². The molecule has 1 aliphatic rings. The number of nitrogens with zero attached hydrogens (tertiary/aromatic N) is 2. The van der Waals surface area contributed by atoms with Crippen LogP contribution in [0.15, 0.2) is 35.1 Å². The van der Waals surface area contributed by atoms with Gasteiger partial charge < -0.3 is 4.74 Å². The van der Waals surface area contributed by atoms with E-state index in [-0.39, 0.29) is 0 Å². The summed E-state index contributed by atoms with van der Waals surface area (Å²) in [6.45, 7) is 9.57. The topological polar surface area (TPSA) is 41.9 Å². The van der Waals surface area contributed by atoms with Gasteiger partial charge in [-0.1, -0.05) is 37.6 Å². The van der Waals surface area contributed by atoms with Gasteiger partial charge in [0, 0.05) is 16.8 Å². The summed E-state index contributed by atoms with van der Waals surface area (Å²) in [5.41, 5.74) is 3.93. The highest BCUT2D eigenvalue weighted by molar-refractivity contribution is 6.30. The normalized spacial score (nSPS) is 15.4. The van der Waals surface area contributed by atoms with Crippen LogP contribution in [0.4, 0.5) is 0 Å². The van der Waals surface area contributed by atoms with Gasteiger partial charge in [0.1, 0.15) is 0 Å². The number of allylic oxidation sites excluding steroid dienone is 2. The smallest absolute Gasteiger partial charge is 0.357 e. The lowest BCUT2D eigenvalue weighted by Crippen LogP contribution is -2.27. The van der Waals surface area contributed by atoms with Crippen molar-refractivity contribution in [3.8, 4) is 0 Å². The van der Waals surface area contributed by atoms with E-state index < -0.39 is 5.97 Å². The highest BCUT2D eigenvalue weighted by Crippen LogP contribution is 2.39. The van der Waals surface area contributed by atoms with Gasteiger partial charge in [-0.05, 0) is 44.0 Å². The molecule has 0 amide bonds. The molecule has 0 aliphatic carbocycles. The predicted molar refractivity (Wildman–Crippen MR) is 97.1 cm³/mol. The minimum absolute atomic E-state index is 0.415. The molecule has 1 aliphatic heterocycles. The highest BCUT2D eigenvalue weighted by atomic mass is 35.5. The number of fused-ring (bicyclic) bond motifs is 1. The maximum Gasteiger partial charge on any atom is 0.357 e. The van der Waals surface area contributed by atoms with E-state index >= 15 is 0 Å². The Morgan fingerprint density at radius 2 is 1.91 bits per heavy atom. The van der Waals surface area contributed by atoms with Gasteiger partial charge in [0.05, 0.1) is 12.8 Å². The Balaban J connectivity index is 0.00000127. The van der Waals surface area contributed by atoms with Gasteiger partial charge in [0.15, 0.2) is 5.70 Å². The van der Waals surface area contributed by atoms with Crippen molar-refractivity contribution in [3.63, 3.8) is 0 Å². The lowest BCUT2D eigenvalue weighted by atomic mass is 9.92. The number of benzene rings is 1. The SMILES string of the molecule is C/C=N\N1C(C(=O)OC)=C(C)c2ccc(Cl)cc2/C1=C\C.CC. The Morgan fingerprint density at radius 3 is 2.43 bits per heavy atom. The average molecular weight is 335 g/mol. The average Bonchev–Trinajstić information content (AvgIpc) is 2.57. The van der Waals surface area contributed by atoms with Crippen molar-refractivity contribution in [2.45, 2.75) is 34.6 Å². The molecule has 0 unspecified atom stereocenters. The first kappa shape index (κ1) is 19.0. The first-order valence-corrected chi connectivity index (χ1v) is 7.97.